The topological polar surface area (TPSA) is 26.7 Å². The molecule has 4 aromatic rings. The Morgan fingerprint density at radius 3 is 1.70 bits per heavy atom. The van der Waals surface area contributed by atoms with Gasteiger partial charge in [0.1, 0.15) is 7.44 Å². The normalized spacial score (nSPS) is 23.9. The zero-order chi connectivity index (χ0) is 34.5. The average Bonchev–Trinajstić information content (AvgIpc) is 4.02. The van der Waals surface area contributed by atoms with Gasteiger partial charge < -0.3 is 20.0 Å². The van der Waals surface area contributed by atoms with E-state index in [-0.39, 0.29) is 37.8 Å². The molecule has 2 saturated heterocycles. The van der Waals surface area contributed by atoms with Gasteiger partial charge in [-0.2, -0.15) is 9.34 Å². The van der Waals surface area contributed by atoms with Crippen LogP contribution < -0.4 is 15.9 Å². The van der Waals surface area contributed by atoms with E-state index in [2.05, 4.69) is 108 Å². The fraction of sp³-hybridized carbons (Fsp3) is 0.511. The van der Waals surface area contributed by atoms with E-state index < -0.39 is 21.5 Å². The Bertz CT molecular complexity index is 1590. The molecule has 5 atom stereocenters. The van der Waals surface area contributed by atoms with Gasteiger partial charge in [-0.15, -0.1) is 11.3 Å². The van der Waals surface area contributed by atoms with Gasteiger partial charge in [-0.1, -0.05) is 125 Å². The molecule has 1 aromatic heterocycles. The molecule has 3 heterocycles. The molecule has 0 spiro atoms. The second-order valence-corrected chi connectivity index (χ2v) is 21.5. The van der Waals surface area contributed by atoms with Crippen molar-refractivity contribution in [2.75, 3.05) is 13.1 Å². The van der Waals surface area contributed by atoms with Crippen molar-refractivity contribution in [3.63, 3.8) is 0 Å². The summed E-state index contributed by atoms with van der Waals surface area (Å²) in [6, 6.07) is 32.0. The summed E-state index contributed by atoms with van der Waals surface area (Å²) in [5, 5.41) is 18.2. The third kappa shape index (κ3) is 9.24. The summed E-state index contributed by atoms with van der Waals surface area (Å²) in [6.45, 7) is 6.95. The van der Waals surface area contributed by atoms with Crippen molar-refractivity contribution in [1.82, 2.24) is 9.34 Å². The quantitative estimate of drug-likeness (QED) is 0.0982. The fourth-order valence-corrected chi connectivity index (χ4v) is 19.0. The van der Waals surface area contributed by atoms with Crippen molar-refractivity contribution in [2.24, 2.45) is 5.92 Å². The van der Waals surface area contributed by atoms with Crippen LogP contribution >= 0.6 is 26.7 Å². The molecule has 1 N–H and O–H groups in total. The molecule has 0 bridgehead atoms. The van der Waals surface area contributed by atoms with Gasteiger partial charge in [0.2, 0.25) is 0 Å². The van der Waals surface area contributed by atoms with E-state index in [1.807, 2.05) is 11.3 Å². The van der Waals surface area contributed by atoms with Crippen molar-refractivity contribution >= 4 is 60.3 Å². The molecule has 3 aromatic carbocycles. The van der Waals surface area contributed by atoms with Crippen LogP contribution in [0.1, 0.15) is 115 Å². The summed E-state index contributed by atoms with van der Waals surface area (Å²) >= 11 is 1.83. The van der Waals surface area contributed by atoms with E-state index in [0.717, 1.165) is 32.4 Å². The molecule has 2 radical (unpaired) electrons. The van der Waals surface area contributed by atoms with Gasteiger partial charge in [-0.25, -0.2) is 0 Å². The van der Waals surface area contributed by atoms with Crippen molar-refractivity contribution in [1.29, 1.82) is 0 Å². The molecule has 2 saturated carbocycles. The van der Waals surface area contributed by atoms with Gasteiger partial charge in [0.05, 0.1) is 11.8 Å². The van der Waals surface area contributed by atoms with Crippen LogP contribution in [-0.4, -0.2) is 52.8 Å². The maximum atomic E-state index is 12.9. The molecule has 8 rings (SSSR count). The van der Waals surface area contributed by atoms with Crippen LogP contribution in [0.2, 0.25) is 0 Å². The summed E-state index contributed by atoms with van der Waals surface area (Å²) in [5.74, 6) is 0.176. The first-order valence-electron chi connectivity index (χ1n) is 19.9. The van der Waals surface area contributed by atoms with Crippen LogP contribution in [0.25, 0.3) is 10.1 Å². The zero-order valence-electron chi connectivity index (χ0n) is 32.9. The first-order valence-corrected chi connectivity index (χ1v) is 23.9. The minimum atomic E-state index is -2.16. The second kappa shape index (κ2) is 20.9. The molecule has 4 aliphatic rings. The fourth-order valence-electron chi connectivity index (χ4n) is 9.77. The number of benzene rings is 3. The van der Waals surface area contributed by atoms with Gasteiger partial charge in [-0.05, 0) is 82.4 Å². The Morgan fingerprint density at radius 1 is 0.698 bits per heavy atom. The standard InChI is InChI=1S/C38H48BN2OP2S.C5H10.2CH3.Fe/c1-3-28-16-14-26-40(28)44(39,41-27-15-17-29(41)4-2)34-24-13-23-32(34)36(42)38-37(33-22-11-12-25-35(33)45-38)43(30-18-7-5-8-19-30)31-20-9-6-10-21-31;1-2-4-5-3-1;;;/h5-12,18-22,25,28-29,32,34,36,42H,3-4,13-17,23-24,26-27H2,1-2H3;1-5H2;2*1H3;/q+1;;2*-1;+2/t28-,29-,32?,34?,36-;;;;/m1..../s1. The minimum Gasteiger partial charge on any atom is -0.387 e. The Morgan fingerprint density at radius 2 is 1.19 bits per heavy atom. The molecule has 8 heteroatoms. The Hall–Kier alpha value is -1.06. The molecule has 0 amide bonds. The van der Waals surface area contributed by atoms with Crippen molar-refractivity contribution in [3.8, 4) is 0 Å². The van der Waals surface area contributed by atoms with Crippen LogP contribution in [0.4, 0.5) is 0 Å². The summed E-state index contributed by atoms with van der Waals surface area (Å²) < 4.78 is 6.92. The van der Waals surface area contributed by atoms with E-state index in [1.54, 1.807) is 0 Å². The largest absolute Gasteiger partial charge is 2.00 e. The molecule has 286 valence electrons. The van der Waals surface area contributed by atoms with Crippen molar-refractivity contribution < 1.29 is 22.2 Å². The molecular weight excluding hydrogens is 745 g/mol. The van der Waals surface area contributed by atoms with Crippen LogP contribution in [0.5, 0.6) is 0 Å². The van der Waals surface area contributed by atoms with E-state index >= 15 is 0 Å². The number of hydrogen-bond acceptors (Lipinski definition) is 4. The second-order valence-electron chi connectivity index (χ2n) is 15.1. The molecule has 3 nitrogen and oxygen atoms in total. The summed E-state index contributed by atoms with van der Waals surface area (Å²) in [7, 11) is 5.06. The molecule has 2 aliphatic carbocycles. The Kier molecular flexibility index (Phi) is 17.6. The number of nitrogens with zero attached hydrogens (tertiary/aromatic N) is 2. The van der Waals surface area contributed by atoms with E-state index in [0.29, 0.717) is 17.7 Å². The van der Waals surface area contributed by atoms with Crippen LogP contribution in [-0.2, 0) is 17.1 Å². The number of aliphatic hydroxyl groups is 1. The Labute approximate surface area is 341 Å². The van der Waals surface area contributed by atoms with Gasteiger partial charge in [0.15, 0.2) is 0 Å². The SMILES string of the molecule is C1CCCC1.[B][P+](C1CCCC1[C@@H](O)c1sc2ccccc2c1P(c1ccccc1)c1ccccc1)(N1CCC[C@H]1CC)N1CCC[C@H]1CC.[CH3-].[CH3-].[Fe+2]. The minimum absolute atomic E-state index is 0. The van der Waals surface area contributed by atoms with Gasteiger partial charge in [0.25, 0.3) is 0 Å². The number of thiophene rings is 1. The monoisotopic (exact) mass is 809 g/mol. The van der Waals surface area contributed by atoms with E-state index in [4.69, 9.17) is 7.57 Å². The molecule has 2 unspecified atom stereocenters. The van der Waals surface area contributed by atoms with Crippen LogP contribution in [0.15, 0.2) is 84.9 Å². The molecule has 2 aliphatic heterocycles. The average molecular weight is 810 g/mol. The summed E-state index contributed by atoms with van der Waals surface area (Å²) in [5.41, 5.74) is 0.338. The van der Waals surface area contributed by atoms with E-state index in [9.17, 15) is 5.11 Å². The molecule has 4 fully saturated rings. The number of aliphatic hydroxyl groups excluding tert-OH is 1. The maximum Gasteiger partial charge on any atom is 2.00 e. The van der Waals surface area contributed by atoms with E-state index in [1.165, 1.54) is 102 Å². The first kappa shape index (κ1) is 44.7. The predicted molar refractivity (Wildman–Crippen MR) is 235 cm³/mol. The number of hydrogen-bond donors (Lipinski definition) is 1. The third-order valence-corrected chi connectivity index (χ3v) is 20.5. The third-order valence-electron chi connectivity index (χ3n) is 12.2. The van der Waals surface area contributed by atoms with Crippen LogP contribution in [0, 0.1) is 20.8 Å². The first-order chi connectivity index (χ1) is 24.6. The van der Waals surface area contributed by atoms with Gasteiger partial charge in [-0.3, -0.25) is 0 Å². The zero-order valence-corrected chi connectivity index (χ0v) is 36.6. The molecular formula is C45H64BFeN2OP2S+. The number of rotatable bonds is 10. The van der Waals surface area contributed by atoms with Crippen molar-refractivity contribution in [2.45, 2.75) is 128 Å². The van der Waals surface area contributed by atoms with Crippen molar-refractivity contribution in [3.05, 3.63) is 105 Å². The van der Waals surface area contributed by atoms with Crippen LogP contribution in [0.3, 0.4) is 0 Å². The summed E-state index contributed by atoms with van der Waals surface area (Å²) in [4.78, 5) is 1.18. The number of fused-ring (bicyclic) bond motifs is 1. The van der Waals surface area contributed by atoms with Gasteiger partial charge in [0, 0.05) is 51.4 Å². The predicted octanol–water partition coefficient (Wildman–Crippen LogP) is 11.4. The maximum absolute atomic E-state index is 12.9. The smallest absolute Gasteiger partial charge is 0.387 e. The molecule has 53 heavy (non-hydrogen) atoms. The Balaban J connectivity index is 0.000000726. The van der Waals surface area contributed by atoms with Gasteiger partial charge >= 0.3 is 24.6 Å². The summed E-state index contributed by atoms with van der Waals surface area (Å²) in [6.07, 6.45) is 17.7.